The Hall–Kier alpha value is -0.530. The summed E-state index contributed by atoms with van der Waals surface area (Å²) in [6, 6.07) is 0. The molecule has 0 fully saturated rings. The fourth-order valence-electron chi connectivity index (χ4n) is 2.29. The second-order valence-corrected chi connectivity index (χ2v) is 5.39. The summed E-state index contributed by atoms with van der Waals surface area (Å²) in [5, 5.41) is 8.49. The number of carboxylic acid groups (broad SMARTS) is 1. The van der Waals surface area contributed by atoms with Crippen LogP contribution >= 0.6 is 0 Å². The van der Waals surface area contributed by atoms with E-state index < -0.39 is 5.97 Å². The van der Waals surface area contributed by atoms with Crippen molar-refractivity contribution >= 4 is 5.97 Å². The molecule has 0 spiro atoms. The van der Waals surface area contributed by atoms with E-state index in [0.29, 0.717) is 6.42 Å². The van der Waals surface area contributed by atoms with Gasteiger partial charge in [0.15, 0.2) is 0 Å². The standard InChI is InChI=1S/C16H32O2/c1-2-3-4-5-6-7-8-9-10-11-12-13-14-15-16(17)18/h2-15H2,1H3,(H,17,18)/i1+1. The summed E-state index contributed by atoms with van der Waals surface area (Å²) in [6.07, 6.45) is 17.3. The topological polar surface area (TPSA) is 37.3 Å². The Morgan fingerprint density at radius 1 is 0.667 bits per heavy atom. The molecule has 0 rings (SSSR count). The monoisotopic (exact) mass is 257 g/mol. The van der Waals surface area contributed by atoms with Crippen molar-refractivity contribution in [1.82, 2.24) is 0 Å². The summed E-state index contributed by atoms with van der Waals surface area (Å²) in [4.78, 5) is 10.3. The number of aliphatic carboxylic acids is 1. The summed E-state index contributed by atoms with van der Waals surface area (Å²) in [5.41, 5.74) is 0. The van der Waals surface area contributed by atoms with Crippen LogP contribution in [0.5, 0.6) is 0 Å². The number of unbranched alkanes of at least 4 members (excludes halogenated alkanes) is 12. The molecule has 0 radical (unpaired) electrons. The van der Waals surface area contributed by atoms with Crippen LogP contribution in [0.3, 0.4) is 0 Å². The van der Waals surface area contributed by atoms with Crippen molar-refractivity contribution in [2.75, 3.05) is 0 Å². The van der Waals surface area contributed by atoms with Crippen LogP contribution in [0.4, 0.5) is 0 Å². The predicted molar refractivity (Wildman–Crippen MR) is 77.9 cm³/mol. The van der Waals surface area contributed by atoms with E-state index in [-0.39, 0.29) is 0 Å². The molecule has 0 saturated heterocycles. The van der Waals surface area contributed by atoms with Crippen LogP contribution in [0.1, 0.15) is 96.8 Å². The van der Waals surface area contributed by atoms with E-state index in [0.717, 1.165) is 12.8 Å². The number of hydrogen-bond donors (Lipinski definition) is 1. The SMILES string of the molecule is [13CH3]CCCCCCCCCCCCCCC(=O)O. The summed E-state index contributed by atoms with van der Waals surface area (Å²) in [5.74, 6) is -0.655. The van der Waals surface area contributed by atoms with Crippen LogP contribution in [0.15, 0.2) is 0 Å². The second-order valence-electron chi connectivity index (χ2n) is 5.39. The van der Waals surface area contributed by atoms with Gasteiger partial charge in [-0.15, -0.1) is 0 Å². The van der Waals surface area contributed by atoms with Crippen molar-refractivity contribution in [2.45, 2.75) is 96.8 Å². The van der Waals surface area contributed by atoms with Crippen LogP contribution in [-0.4, -0.2) is 11.1 Å². The van der Waals surface area contributed by atoms with E-state index >= 15 is 0 Å². The lowest BCUT2D eigenvalue weighted by Gasteiger charge is -2.02. The third kappa shape index (κ3) is 15.5. The van der Waals surface area contributed by atoms with E-state index in [1.807, 2.05) is 0 Å². The normalized spacial score (nSPS) is 10.7. The summed E-state index contributed by atoms with van der Waals surface area (Å²) < 4.78 is 0. The fraction of sp³-hybridized carbons (Fsp3) is 0.938. The highest BCUT2D eigenvalue weighted by atomic mass is 16.4. The Morgan fingerprint density at radius 3 is 1.33 bits per heavy atom. The van der Waals surface area contributed by atoms with E-state index in [1.54, 1.807) is 0 Å². The Labute approximate surface area is 113 Å². The maximum atomic E-state index is 10.3. The molecule has 0 aliphatic carbocycles. The lowest BCUT2D eigenvalue weighted by atomic mass is 10.0. The lowest BCUT2D eigenvalue weighted by Crippen LogP contribution is -1.93. The molecular formula is C16H32O2. The molecular weight excluding hydrogens is 225 g/mol. The van der Waals surface area contributed by atoms with Gasteiger partial charge in [-0.1, -0.05) is 84.0 Å². The van der Waals surface area contributed by atoms with E-state index in [9.17, 15) is 4.79 Å². The summed E-state index contributed by atoms with van der Waals surface area (Å²) in [7, 11) is 0. The van der Waals surface area contributed by atoms with Gasteiger partial charge in [-0.05, 0) is 6.42 Å². The first-order valence-corrected chi connectivity index (χ1v) is 7.99. The van der Waals surface area contributed by atoms with Crippen LogP contribution in [0.2, 0.25) is 0 Å². The Kier molecular flexibility index (Phi) is 14.1. The summed E-state index contributed by atoms with van der Waals surface area (Å²) in [6.45, 7) is 2.26. The minimum Gasteiger partial charge on any atom is -0.481 e. The smallest absolute Gasteiger partial charge is 0.303 e. The van der Waals surface area contributed by atoms with Crippen LogP contribution in [0, 0.1) is 0 Å². The van der Waals surface area contributed by atoms with Gasteiger partial charge >= 0.3 is 5.97 Å². The van der Waals surface area contributed by atoms with Gasteiger partial charge in [0.2, 0.25) is 0 Å². The molecule has 108 valence electrons. The van der Waals surface area contributed by atoms with Gasteiger partial charge in [-0.25, -0.2) is 0 Å². The molecule has 0 aromatic carbocycles. The van der Waals surface area contributed by atoms with Gasteiger partial charge < -0.3 is 5.11 Å². The Bertz CT molecular complexity index is 178. The van der Waals surface area contributed by atoms with E-state index in [2.05, 4.69) is 6.92 Å². The molecule has 0 atom stereocenters. The van der Waals surface area contributed by atoms with Gasteiger partial charge in [0.1, 0.15) is 0 Å². The van der Waals surface area contributed by atoms with Gasteiger partial charge in [0.05, 0.1) is 0 Å². The van der Waals surface area contributed by atoms with Crippen LogP contribution in [0.25, 0.3) is 0 Å². The third-order valence-corrected chi connectivity index (χ3v) is 3.49. The molecule has 2 nitrogen and oxygen atoms in total. The van der Waals surface area contributed by atoms with Crippen molar-refractivity contribution < 1.29 is 9.90 Å². The molecule has 0 aliphatic rings. The molecule has 18 heavy (non-hydrogen) atoms. The average molecular weight is 257 g/mol. The van der Waals surface area contributed by atoms with Crippen molar-refractivity contribution in [3.63, 3.8) is 0 Å². The zero-order valence-corrected chi connectivity index (χ0v) is 12.3. The van der Waals surface area contributed by atoms with E-state index in [4.69, 9.17) is 5.11 Å². The maximum Gasteiger partial charge on any atom is 0.303 e. The van der Waals surface area contributed by atoms with Gasteiger partial charge in [-0.2, -0.15) is 0 Å². The summed E-state index contributed by atoms with van der Waals surface area (Å²) >= 11 is 0. The molecule has 0 unspecified atom stereocenters. The lowest BCUT2D eigenvalue weighted by molar-refractivity contribution is -0.137. The third-order valence-electron chi connectivity index (χ3n) is 3.49. The molecule has 0 aromatic rings. The Balaban J connectivity index is 2.92. The number of rotatable bonds is 14. The van der Waals surface area contributed by atoms with Crippen molar-refractivity contribution in [3.05, 3.63) is 0 Å². The first kappa shape index (κ1) is 17.5. The molecule has 2 heteroatoms. The highest BCUT2D eigenvalue weighted by Crippen LogP contribution is 2.12. The number of carboxylic acids is 1. The first-order chi connectivity index (χ1) is 8.77. The minimum absolute atomic E-state index is 0.345. The molecule has 0 aliphatic heterocycles. The largest absolute Gasteiger partial charge is 0.481 e. The molecule has 0 saturated carbocycles. The average Bonchev–Trinajstić information content (AvgIpc) is 2.34. The predicted octanol–water partition coefficient (Wildman–Crippen LogP) is 5.55. The molecule has 0 amide bonds. The van der Waals surface area contributed by atoms with Crippen LogP contribution < -0.4 is 0 Å². The second kappa shape index (κ2) is 14.5. The maximum absolute atomic E-state index is 10.3. The quantitative estimate of drug-likeness (QED) is 0.327. The van der Waals surface area contributed by atoms with Crippen LogP contribution in [-0.2, 0) is 4.79 Å². The van der Waals surface area contributed by atoms with Gasteiger partial charge in [-0.3, -0.25) is 4.79 Å². The van der Waals surface area contributed by atoms with Crippen molar-refractivity contribution in [1.29, 1.82) is 0 Å². The highest BCUT2D eigenvalue weighted by molar-refractivity contribution is 5.66. The molecule has 1 N–H and O–H groups in total. The zero-order chi connectivity index (χ0) is 13.5. The molecule has 0 bridgehead atoms. The number of hydrogen-bond acceptors (Lipinski definition) is 1. The number of carbonyl (C=O) groups is 1. The van der Waals surface area contributed by atoms with Crippen molar-refractivity contribution in [3.8, 4) is 0 Å². The minimum atomic E-state index is -0.655. The molecule has 0 heterocycles. The zero-order valence-electron chi connectivity index (χ0n) is 12.3. The van der Waals surface area contributed by atoms with Gasteiger partial charge in [0.25, 0.3) is 0 Å². The molecule has 0 aromatic heterocycles. The Morgan fingerprint density at radius 2 is 1.00 bits per heavy atom. The first-order valence-electron chi connectivity index (χ1n) is 7.99. The van der Waals surface area contributed by atoms with E-state index in [1.165, 1.54) is 70.6 Å². The van der Waals surface area contributed by atoms with Gasteiger partial charge in [0, 0.05) is 6.42 Å². The highest BCUT2D eigenvalue weighted by Gasteiger charge is 1.96. The van der Waals surface area contributed by atoms with Crippen molar-refractivity contribution in [2.24, 2.45) is 0 Å². The fourth-order valence-corrected chi connectivity index (χ4v) is 2.29.